The molecule has 0 spiro atoms. The Kier molecular flexibility index (Phi) is 6.80. The number of morpholine rings is 1. The molecule has 0 bridgehead atoms. The third-order valence-corrected chi connectivity index (χ3v) is 7.21. The van der Waals surface area contributed by atoms with Crippen LogP contribution in [0.1, 0.15) is 17.0 Å². The van der Waals surface area contributed by atoms with Crippen LogP contribution in [-0.4, -0.2) is 63.1 Å². The highest BCUT2D eigenvalue weighted by Gasteiger charge is 2.27. The number of nitrogens with one attached hydrogen (secondary N) is 1. The molecular formula is C27H30ClN5O4. The summed E-state index contributed by atoms with van der Waals surface area (Å²) in [5, 5.41) is 3.97. The van der Waals surface area contributed by atoms with E-state index in [0.29, 0.717) is 43.9 Å². The number of hydrogen-bond acceptors (Lipinski definition) is 9. The van der Waals surface area contributed by atoms with E-state index in [1.165, 1.54) is 5.56 Å². The molecule has 4 heterocycles. The monoisotopic (exact) mass is 523 g/mol. The van der Waals surface area contributed by atoms with Crippen molar-refractivity contribution in [3.8, 4) is 17.2 Å². The molecule has 37 heavy (non-hydrogen) atoms. The minimum Gasteiger partial charge on any atom is -0.497 e. The van der Waals surface area contributed by atoms with Gasteiger partial charge in [0, 0.05) is 31.7 Å². The van der Waals surface area contributed by atoms with Crippen LogP contribution in [0.25, 0.3) is 0 Å². The molecule has 1 saturated heterocycles. The van der Waals surface area contributed by atoms with Gasteiger partial charge in [-0.05, 0) is 36.2 Å². The van der Waals surface area contributed by atoms with E-state index < -0.39 is 0 Å². The van der Waals surface area contributed by atoms with Crippen molar-refractivity contribution in [1.29, 1.82) is 0 Å². The number of nitrogens with zero attached hydrogens (tertiary/aromatic N) is 4. The maximum Gasteiger partial charge on any atom is 0.186 e. The molecule has 0 radical (unpaired) electrons. The maximum atomic E-state index is 6.60. The van der Waals surface area contributed by atoms with Crippen molar-refractivity contribution in [2.45, 2.75) is 19.5 Å². The predicted octanol–water partition coefficient (Wildman–Crippen LogP) is 3.92. The van der Waals surface area contributed by atoms with E-state index in [4.69, 9.17) is 35.5 Å². The summed E-state index contributed by atoms with van der Waals surface area (Å²) in [5.41, 5.74) is 4.08. The van der Waals surface area contributed by atoms with Gasteiger partial charge in [0.15, 0.2) is 17.3 Å². The van der Waals surface area contributed by atoms with Crippen LogP contribution in [0.5, 0.6) is 17.2 Å². The third kappa shape index (κ3) is 4.93. The Balaban J connectivity index is 1.20. The van der Waals surface area contributed by atoms with Crippen LogP contribution >= 0.6 is 11.6 Å². The van der Waals surface area contributed by atoms with Gasteiger partial charge in [-0.25, -0.2) is 9.97 Å². The minimum absolute atomic E-state index is 0.413. The van der Waals surface area contributed by atoms with E-state index in [0.717, 1.165) is 72.6 Å². The molecule has 1 fully saturated rings. The summed E-state index contributed by atoms with van der Waals surface area (Å²) in [6.07, 6.45) is 0.833. The summed E-state index contributed by atoms with van der Waals surface area (Å²) in [4.78, 5) is 14.0. The zero-order valence-corrected chi connectivity index (χ0v) is 21.6. The van der Waals surface area contributed by atoms with Crippen LogP contribution in [0.3, 0.4) is 0 Å². The molecule has 2 aromatic carbocycles. The van der Waals surface area contributed by atoms with Gasteiger partial charge in [0.1, 0.15) is 29.9 Å². The van der Waals surface area contributed by atoms with Crippen molar-refractivity contribution >= 4 is 28.8 Å². The topological polar surface area (TPSA) is 81.2 Å². The largest absolute Gasteiger partial charge is 0.497 e. The van der Waals surface area contributed by atoms with Crippen LogP contribution in [0.2, 0.25) is 5.15 Å². The number of methoxy groups -OCH3 is 1. The molecule has 3 aliphatic rings. The zero-order chi connectivity index (χ0) is 25.2. The molecule has 0 saturated carbocycles. The van der Waals surface area contributed by atoms with Crippen LogP contribution in [0.4, 0.5) is 17.2 Å². The van der Waals surface area contributed by atoms with E-state index in [-0.39, 0.29) is 0 Å². The molecule has 3 aliphatic heterocycles. The average Bonchev–Trinajstić information content (AvgIpc) is 3.35. The molecule has 6 rings (SSSR count). The van der Waals surface area contributed by atoms with Crippen LogP contribution in [-0.2, 0) is 24.2 Å². The molecule has 0 amide bonds. The summed E-state index contributed by atoms with van der Waals surface area (Å²) in [5.74, 6) is 3.88. The molecule has 1 N–H and O–H groups in total. The van der Waals surface area contributed by atoms with Crippen molar-refractivity contribution in [2.75, 3.05) is 68.3 Å². The van der Waals surface area contributed by atoms with E-state index in [2.05, 4.69) is 38.3 Å². The highest BCUT2D eigenvalue weighted by Crippen LogP contribution is 2.45. The summed E-state index contributed by atoms with van der Waals surface area (Å²) < 4.78 is 22.9. The van der Waals surface area contributed by atoms with E-state index >= 15 is 0 Å². The fourth-order valence-electron chi connectivity index (χ4n) is 4.99. The molecule has 0 aliphatic carbocycles. The molecule has 0 atom stereocenters. The first-order valence-electron chi connectivity index (χ1n) is 12.6. The normalized spacial score (nSPS) is 16.5. The number of hydrogen-bond donors (Lipinski definition) is 1. The second-order valence-electron chi connectivity index (χ2n) is 9.19. The molecule has 194 valence electrons. The van der Waals surface area contributed by atoms with Crippen molar-refractivity contribution < 1.29 is 18.9 Å². The number of aromatic nitrogens is 2. The van der Waals surface area contributed by atoms with Crippen molar-refractivity contribution in [2.24, 2.45) is 0 Å². The Labute approximate surface area is 221 Å². The van der Waals surface area contributed by atoms with Crippen LogP contribution in [0, 0.1) is 0 Å². The Hall–Kier alpha value is -3.43. The lowest BCUT2D eigenvalue weighted by molar-refractivity contribution is 0.121. The molecule has 1 aromatic heterocycles. The van der Waals surface area contributed by atoms with Crippen molar-refractivity contribution in [3.05, 3.63) is 58.5 Å². The first kappa shape index (κ1) is 23.9. The molecule has 3 aromatic rings. The minimum atomic E-state index is 0.413. The van der Waals surface area contributed by atoms with Crippen molar-refractivity contribution in [3.63, 3.8) is 0 Å². The van der Waals surface area contributed by atoms with Gasteiger partial charge in [0.2, 0.25) is 0 Å². The Morgan fingerprint density at radius 3 is 2.51 bits per heavy atom. The quantitative estimate of drug-likeness (QED) is 0.463. The van der Waals surface area contributed by atoms with Gasteiger partial charge < -0.3 is 34.1 Å². The highest BCUT2D eigenvalue weighted by atomic mass is 35.5. The van der Waals surface area contributed by atoms with E-state index in [1.807, 2.05) is 18.2 Å². The average molecular weight is 524 g/mol. The predicted molar refractivity (Wildman–Crippen MR) is 143 cm³/mol. The van der Waals surface area contributed by atoms with Gasteiger partial charge in [-0.3, -0.25) is 0 Å². The Bertz CT molecular complexity index is 1270. The Morgan fingerprint density at radius 2 is 1.73 bits per heavy atom. The van der Waals surface area contributed by atoms with E-state index in [1.54, 1.807) is 7.11 Å². The van der Waals surface area contributed by atoms with Crippen LogP contribution in [0.15, 0.2) is 36.4 Å². The third-order valence-electron chi connectivity index (χ3n) is 6.90. The van der Waals surface area contributed by atoms with E-state index in [9.17, 15) is 0 Å². The summed E-state index contributed by atoms with van der Waals surface area (Å²) in [7, 11) is 1.67. The molecule has 9 nitrogen and oxygen atoms in total. The standard InChI is InChI=1S/C27H30ClN5O4/c1-34-19-4-2-18(3-5-19)17-33-9-8-20-26(28)30-23(31-27(20)33)16-29-21-6-7-22(32-10-12-35-13-11-32)25-24(21)36-14-15-37-25/h2-7,29H,8-17H2,1H3. The number of anilines is 3. The number of fused-ring (bicyclic) bond motifs is 2. The maximum absolute atomic E-state index is 6.60. The number of halogens is 1. The van der Waals surface area contributed by atoms with Gasteiger partial charge in [0.25, 0.3) is 0 Å². The smallest absolute Gasteiger partial charge is 0.186 e. The highest BCUT2D eigenvalue weighted by molar-refractivity contribution is 6.30. The zero-order valence-electron chi connectivity index (χ0n) is 20.8. The second-order valence-corrected chi connectivity index (χ2v) is 9.55. The van der Waals surface area contributed by atoms with Crippen LogP contribution < -0.4 is 29.3 Å². The summed E-state index contributed by atoms with van der Waals surface area (Å²) >= 11 is 6.60. The van der Waals surface area contributed by atoms with Crippen molar-refractivity contribution in [1.82, 2.24) is 9.97 Å². The fraction of sp³-hybridized carbons (Fsp3) is 0.407. The second kappa shape index (κ2) is 10.5. The summed E-state index contributed by atoms with van der Waals surface area (Å²) in [6.45, 7) is 6.14. The van der Waals surface area contributed by atoms with Gasteiger partial charge in [0.05, 0.1) is 38.2 Å². The lowest BCUT2D eigenvalue weighted by Crippen LogP contribution is -2.36. The lowest BCUT2D eigenvalue weighted by atomic mass is 10.2. The molecule has 0 unspecified atom stereocenters. The number of benzene rings is 2. The first-order valence-corrected chi connectivity index (χ1v) is 13.0. The molecule has 10 heteroatoms. The SMILES string of the molecule is COc1ccc(CN2CCc3c(Cl)nc(CNc4ccc(N5CCOCC5)c5c4OCCO5)nc32)cc1. The van der Waals surface area contributed by atoms with Gasteiger partial charge in [-0.15, -0.1) is 0 Å². The lowest BCUT2D eigenvalue weighted by Gasteiger charge is -2.32. The van der Waals surface area contributed by atoms with Gasteiger partial charge >= 0.3 is 0 Å². The summed E-state index contributed by atoms with van der Waals surface area (Å²) in [6, 6.07) is 12.2. The molecular weight excluding hydrogens is 494 g/mol. The number of rotatable bonds is 7. The van der Waals surface area contributed by atoms with Gasteiger partial charge in [-0.2, -0.15) is 0 Å². The fourth-order valence-corrected chi connectivity index (χ4v) is 5.27. The first-order chi connectivity index (χ1) is 18.2. The Morgan fingerprint density at radius 1 is 0.946 bits per heavy atom. The van der Waals surface area contributed by atoms with Gasteiger partial charge in [-0.1, -0.05) is 23.7 Å². The number of ether oxygens (including phenoxy) is 4.